The van der Waals surface area contributed by atoms with E-state index in [1.165, 1.54) is 0 Å². The lowest BCUT2D eigenvalue weighted by Gasteiger charge is -2.08. The minimum atomic E-state index is -0.0996. The van der Waals surface area contributed by atoms with Gasteiger partial charge in [-0.15, -0.1) is 5.10 Å². The molecule has 0 bridgehead atoms. The Morgan fingerprint density at radius 1 is 1.45 bits per heavy atom. The van der Waals surface area contributed by atoms with E-state index in [4.69, 9.17) is 0 Å². The van der Waals surface area contributed by atoms with Crippen LogP contribution in [0.4, 0.5) is 5.69 Å². The molecule has 0 spiro atoms. The predicted octanol–water partition coefficient (Wildman–Crippen LogP) is 2.27. The van der Waals surface area contributed by atoms with E-state index in [0.717, 1.165) is 12.1 Å². The van der Waals surface area contributed by atoms with Gasteiger partial charge >= 0.3 is 0 Å². The van der Waals surface area contributed by atoms with Gasteiger partial charge < -0.3 is 5.32 Å². The van der Waals surface area contributed by atoms with Crippen molar-refractivity contribution in [1.29, 1.82) is 0 Å². The quantitative estimate of drug-likeness (QED) is 0.866. The fourth-order valence-corrected chi connectivity index (χ4v) is 1.81. The second kappa shape index (κ2) is 6.10. The van der Waals surface area contributed by atoms with Crippen LogP contribution in [0.3, 0.4) is 0 Å². The third-order valence-corrected chi connectivity index (χ3v) is 2.84. The monoisotopic (exact) mass is 271 g/mol. The van der Waals surface area contributed by atoms with Crippen molar-refractivity contribution in [1.82, 2.24) is 20.2 Å². The number of carbonyl (C=O) groups excluding carboxylic acids is 1. The fraction of sp³-hybridized carbons (Fsp3) is 0.286. The van der Waals surface area contributed by atoms with Crippen LogP contribution in [-0.4, -0.2) is 26.1 Å². The number of hydrogen-bond donors (Lipinski definition) is 1. The van der Waals surface area contributed by atoms with Gasteiger partial charge in [0.2, 0.25) is 0 Å². The van der Waals surface area contributed by atoms with Crippen LogP contribution >= 0.6 is 0 Å². The lowest BCUT2D eigenvalue weighted by Crippen LogP contribution is -2.13. The number of amides is 1. The van der Waals surface area contributed by atoms with Crippen LogP contribution in [0, 0.1) is 6.92 Å². The molecule has 0 radical (unpaired) electrons. The summed E-state index contributed by atoms with van der Waals surface area (Å²) in [7, 11) is 0. The first-order valence-electron chi connectivity index (χ1n) is 6.45. The molecule has 0 saturated carbocycles. The van der Waals surface area contributed by atoms with E-state index in [-0.39, 0.29) is 5.91 Å². The minimum absolute atomic E-state index is 0.0996. The van der Waals surface area contributed by atoms with Gasteiger partial charge in [-0.25, -0.2) is 0 Å². The predicted molar refractivity (Wildman–Crippen MR) is 76.6 cm³/mol. The maximum atomic E-state index is 11.9. The smallest absolute Gasteiger partial charge is 0.250 e. The van der Waals surface area contributed by atoms with Crippen molar-refractivity contribution in [2.45, 2.75) is 27.2 Å². The van der Waals surface area contributed by atoms with Crippen molar-refractivity contribution in [3.63, 3.8) is 0 Å². The summed E-state index contributed by atoms with van der Waals surface area (Å²) >= 11 is 0. The minimum Gasteiger partial charge on any atom is -0.322 e. The molecule has 1 N–H and O–H groups in total. The van der Waals surface area contributed by atoms with Crippen molar-refractivity contribution in [2.24, 2.45) is 0 Å². The van der Waals surface area contributed by atoms with Crippen molar-refractivity contribution < 1.29 is 4.79 Å². The van der Waals surface area contributed by atoms with E-state index in [1.54, 1.807) is 11.6 Å². The second-order valence-electron chi connectivity index (χ2n) is 4.44. The number of nitrogens with zero attached hydrogens (tertiary/aromatic N) is 4. The van der Waals surface area contributed by atoms with E-state index < -0.39 is 0 Å². The van der Waals surface area contributed by atoms with E-state index in [9.17, 15) is 4.79 Å². The third-order valence-electron chi connectivity index (χ3n) is 2.84. The van der Waals surface area contributed by atoms with Gasteiger partial charge in [-0.2, -0.15) is 4.68 Å². The summed E-state index contributed by atoms with van der Waals surface area (Å²) in [5, 5.41) is 14.2. The Balaban J connectivity index is 2.21. The lowest BCUT2D eigenvalue weighted by molar-refractivity contribution is -0.112. The zero-order valence-corrected chi connectivity index (χ0v) is 11.8. The average Bonchev–Trinajstić information content (AvgIpc) is 2.85. The molecule has 0 aliphatic heterocycles. The van der Waals surface area contributed by atoms with Crippen molar-refractivity contribution in [3.05, 3.63) is 41.7 Å². The van der Waals surface area contributed by atoms with Crippen LogP contribution in [0.1, 0.15) is 26.1 Å². The Hall–Kier alpha value is -2.50. The summed E-state index contributed by atoms with van der Waals surface area (Å²) in [6, 6.07) is 7.40. The number of rotatable bonds is 4. The lowest BCUT2D eigenvalue weighted by atomic mass is 10.2. The highest BCUT2D eigenvalue weighted by molar-refractivity contribution is 6.03. The fourth-order valence-electron chi connectivity index (χ4n) is 1.81. The largest absolute Gasteiger partial charge is 0.322 e. The maximum absolute atomic E-state index is 11.9. The van der Waals surface area contributed by atoms with Gasteiger partial charge in [-0.1, -0.05) is 19.1 Å². The summed E-state index contributed by atoms with van der Waals surface area (Å²) in [5.41, 5.74) is 2.23. The number of allylic oxidation sites excluding steroid dienone is 1. The van der Waals surface area contributed by atoms with Crippen molar-refractivity contribution in [3.8, 4) is 5.69 Å². The Morgan fingerprint density at radius 2 is 2.25 bits per heavy atom. The first-order valence-corrected chi connectivity index (χ1v) is 6.45. The Kier molecular flexibility index (Phi) is 4.24. The van der Waals surface area contributed by atoms with Gasteiger partial charge in [-0.3, -0.25) is 4.79 Å². The molecule has 2 rings (SSSR count). The van der Waals surface area contributed by atoms with Crippen LogP contribution < -0.4 is 5.32 Å². The molecule has 1 amide bonds. The molecule has 0 aliphatic rings. The summed E-state index contributed by atoms with van der Waals surface area (Å²) in [6.07, 6.45) is 2.73. The van der Waals surface area contributed by atoms with Crippen molar-refractivity contribution >= 4 is 11.6 Å². The zero-order valence-electron chi connectivity index (χ0n) is 11.8. The molecule has 1 aromatic carbocycles. The highest BCUT2D eigenvalue weighted by atomic mass is 16.1. The molecule has 1 heterocycles. The number of hydrogen-bond acceptors (Lipinski definition) is 4. The topological polar surface area (TPSA) is 72.7 Å². The van der Waals surface area contributed by atoms with E-state index in [1.807, 2.05) is 44.2 Å². The highest BCUT2D eigenvalue weighted by Gasteiger charge is 2.07. The molecule has 1 aromatic heterocycles. The first-order chi connectivity index (χ1) is 9.61. The Bertz CT molecular complexity index is 645. The summed E-state index contributed by atoms with van der Waals surface area (Å²) in [4.78, 5) is 11.9. The molecule has 6 nitrogen and oxygen atoms in total. The molecule has 0 atom stereocenters. The van der Waals surface area contributed by atoms with Crippen LogP contribution in [0.5, 0.6) is 0 Å². The van der Waals surface area contributed by atoms with Gasteiger partial charge in [0.1, 0.15) is 0 Å². The van der Waals surface area contributed by atoms with Crippen LogP contribution in [0.25, 0.3) is 5.69 Å². The molecule has 0 aliphatic carbocycles. The average molecular weight is 271 g/mol. The number of nitrogens with one attached hydrogen (secondary N) is 1. The summed E-state index contributed by atoms with van der Waals surface area (Å²) in [5.74, 6) is 0.591. The van der Waals surface area contributed by atoms with Crippen molar-refractivity contribution in [2.75, 3.05) is 5.32 Å². The van der Waals surface area contributed by atoms with E-state index in [0.29, 0.717) is 17.1 Å². The molecule has 0 saturated heterocycles. The molecule has 0 unspecified atom stereocenters. The number of aryl methyl sites for hydroxylation is 1. The van der Waals surface area contributed by atoms with Gasteiger partial charge in [0.25, 0.3) is 5.91 Å². The SMILES string of the molecule is CC/C=C(/C)C(=O)Nc1cccc(-n2nnnc2C)c1. The Morgan fingerprint density at radius 3 is 2.90 bits per heavy atom. The summed E-state index contributed by atoms with van der Waals surface area (Å²) in [6.45, 7) is 5.62. The van der Waals surface area contributed by atoms with Crippen LogP contribution in [-0.2, 0) is 4.79 Å². The first kappa shape index (κ1) is 13.9. The number of carbonyl (C=O) groups is 1. The van der Waals surface area contributed by atoms with Crippen LogP contribution in [0.2, 0.25) is 0 Å². The number of aromatic nitrogens is 4. The maximum Gasteiger partial charge on any atom is 0.250 e. The summed E-state index contributed by atoms with van der Waals surface area (Å²) < 4.78 is 1.62. The zero-order chi connectivity index (χ0) is 14.5. The van der Waals surface area contributed by atoms with Gasteiger partial charge in [0.05, 0.1) is 5.69 Å². The van der Waals surface area contributed by atoms with Gasteiger partial charge in [0, 0.05) is 11.3 Å². The molecule has 20 heavy (non-hydrogen) atoms. The van der Waals surface area contributed by atoms with Gasteiger partial charge in [-0.05, 0) is 48.9 Å². The Labute approximate surface area is 117 Å². The van der Waals surface area contributed by atoms with Crippen LogP contribution in [0.15, 0.2) is 35.9 Å². The molecular weight excluding hydrogens is 254 g/mol. The molecule has 0 fully saturated rings. The third kappa shape index (κ3) is 3.09. The standard InChI is InChI=1S/C14H17N5O/c1-4-6-10(2)14(20)15-12-7-5-8-13(9-12)19-11(3)16-17-18-19/h5-9H,4H2,1-3H3,(H,15,20)/b10-6-. The number of tetrazole rings is 1. The molecule has 2 aromatic rings. The second-order valence-corrected chi connectivity index (χ2v) is 4.44. The molecular formula is C14H17N5O. The normalized spacial score (nSPS) is 11.4. The molecule has 6 heteroatoms. The highest BCUT2D eigenvalue weighted by Crippen LogP contribution is 2.15. The number of anilines is 1. The molecule has 104 valence electrons. The number of benzene rings is 1. The van der Waals surface area contributed by atoms with Gasteiger partial charge in [0.15, 0.2) is 5.82 Å². The van der Waals surface area contributed by atoms with E-state index >= 15 is 0 Å². The van der Waals surface area contributed by atoms with E-state index in [2.05, 4.69) is 20.8 Å².